The van der Waals surface area contributed by atoms with Gasteiger partial charge >= 0.3 is 0 Å². The van der Waals surface area contributed by atoms with E-state index in [-0.39, 0.29) is 29.8 Å². The molecule has 1 saturated heterocycles. The van der Waals surface area contributed by atoms with E-state index in [0.29, 0.717) is 6.54 Å². The van der Waals surface area contributed by atoms with Gasteiger partial charge in [-0.05, 0) is 25.3 Å². The Morgan fingerprint density at radius 1 is 1.38 bits per heavy atom. The monoisotopic (exact) mass is 292 g/mol. The molecule has 1 fully saturated rings. The Hall–Kier alpha value is -1.85. The largest absolute Gasteiger partial charge is 0.345 e. The first-order chi connectivity index (χ1) is 9.70. The van der Waals surface area contributed by atoms with Gasteiger partial charge in [0.1, 0.15) is 6.04 Å². The molecule has 0 saturated carbocycles. The maximum atomic E-state index is 12.2. The van der Waals surface area contributed by atoms with Crippen LogP contribution in [0.2, 0.25) is 0 Å². The molecule has 0 bridgehead atoms. The van der Waals surface area contributed by atoms with E-state index in [4.69, 9.17) is 0 Å². The van der Waals surface area contributed by atoms with Crippen molar-refractivity contribution in [3.8, 4) is 0 Å². The van der Waals surface area contributed by atoms with Gasteiger partial charge in [0.25, 0.3) is 0 Å². The zero-order valence-electron chi connectivity index (χ0n) is 13.4. The summed E-state index contributed by atoms with van der Waals surface area (Å²) in [6.07, 6.45) is 1.90. The summed E-state index contributed by atoms with van der Waals surface area (Å²) < 4.78 is 1.86. The molecule has 6 nitrogen and oxygen atoms in total. The van der Waals surface area contributed by atoms with Crippen LogP contribution in [0.1, 0.15) is 46.4 Å². The van der Waals surface area contributed by atoms with Crippen LogP contribution in [0.5, 0.6) is 0 Å². The highest BCUT2D eigenvalue weighted by molar-refractivity contribution is 5.95. The molecular weight excluding hydrogens is 268 g/mol. The highest BCUT2D eigenvalue weighted by Crippen LogP contribution is 2.27. The quantitative estimate of drug-likeness (QED) is 0.914. The average molecular weight is 292 g/mol. The van der Waals surface area contributed by atoms with Gasteiger partial charge < -0.3 is 10.2 Å². The van der Waals surface area contributed by atoms with Crippen LogP contribution in [-0.4, -0.2) is 39.1 Å². The Bertz CT molecular complexity index is 542. The minimum absolute atomic E-state index is 0.0615. The highest BCUT2D eigenvalue weighted by Gasteiger charge is 2.42. The lowest BCUT2D eigenvalue weighted by molar-refractivity contribution is -0.150. The van der Waals surface area contributed by atoms with Crippen LogP contribution in [0, 0.1) is 5.41 Å². The molecule has 2 amide bonds. The molecule has 6 heteroatoms. The number of carbonyl (C=O) groups excluding carboxylic acids is 2. The molecule has 21 heavy (non-hydrogen) atoms. The number of nitrogens with zero attached hydrogens (tertiary/aromatic N) is 3. The number of hydrogen-bond donors (Lipinski definition) is 1. The van der Waals surface area contributed by atoms with Crippen molar-refractivity contribution in [1.82, 2.24) is 20.0 Å². The van der Waals surface area contributed by atoms with Crippen molar-refractivity contribution < 1.29 is 9.59 Å². The van der Waals surface area contributed by atoms with Gasteiger partial charge in [0, 0.05) is 12.2 Å². The molecule has 1 atom stereocenters. The van der Waals surface area contributed by atoms with Crippen molar-refractivity contribution >= 4 is 11.8 Å². The Labute approximate surface area is 125 Å². The van der Waals surface area contributed by atoms with E-state index in [1.165, 1.54) is 0 Å². The SMILES string of the molecule is CC(C)n1ccc(CN2C(=O)CNC(=O)C2C(C)(C)C)n1. The van der Waals surface area contributed by atoms with Gasteiger partial charge in [-0.3, -0.25) is 14.3 Å². The van der Waals surface area contributed by atoms with E-state index < -0.39 is 6.04 Å². The minimum Gasteiger partial charge on any atom is -0.345 e. The van der Waals surface area contributed by atoms with E-state index in [0.717, 1.165) is 5.69 Å². The van der Waals surface area contributed by atoms with Crippen LogP contribution in [0.15, 0.2) is 12.3 Å². The average Bonchev–Trinajstić information content (AvgIpc) is 2.81. The van der Waals surface area contributed by atoms with Crippen LogP contribution in [0.4, 0.5) is 0 Å². The number of hydrogen-bond acceptors (Lipinski definition) is 3. The number of piperazine rings is 1. The fraction of sp³-hybridized carbons (Fsp3) is 0.667. The lowest BCUT2D eigenvalue weighted by atomic mass is 9.84. The predicted octanol–water partition coefficient (Wildman–Crippen LogP) is 1.34. The third-order valence-electron chi connectivity index (χ3n) is 3.64. The summed E-state index contributed by atoms with van der Waals surface area (Å²) in [4.78, 5) is 26.0. The number of rotatable bonds is 3. The van der Waals surface area contributed by atoms with E-state index in [9.17, 15) is 9.59 Å². The van der Waals surface area contributed by atoms with Crippen molar-refractivity contribution in [2.75, 3.05) is 6.54 Å². The molecule has 1 unspecified atom stereocenters. The van der Waals surface area contributed by atoms with Crippen molar-refractivity contribution in [1.29, 1.82) is 0 Å². The minimum atomic E-state index is -0.469. The van der Waals surface area contributed by atoms with E-state index in [1.54, 1.807) is 4.90 Å². The topological polar surface area (TPSA) is 67.2 Å². The van der Waals surface area contributed by atoms with Gasteiger partial charge in [-0.2, -0.15) is 5.10 Å². The Kier molecular flexibility index (Phi) is 4.07. The second kappa shape index (κ2) is 5.50. The molecule has 116 valence electrons. The summed E-state index contributed by atoms with van der Waals surface area (Å²) in [5, 5.41) is 7.14. The summed E-state index contributed by atoms with van der Waals surface area (Å²) in [5.41, 5.74) is 0.488. The summed E-state index contributed by atoms with van der Waals surface area (Å²) in [6, 6.07) is 1.71. The molecule has 2 rings (SSSR count). The first-order valence-corrected chi connectivity index (χ1v) is 7.31. The highest BCUT2D eigenvalue weighted by atomic mass is 16.2. The van der Waals surface area contributed by atoms with Gasteiger partial charge in [0.15, 0.2) is 0 Å². The maximum Gasteiger partial charge on any atom is 0.243 e. The number of carbonyl (C=O) groups is 2. The summed E-state index contributed by atoms with van der Waals surface area (Å²) in [7, 11) is 0. The first kappa shape index (κ1) is 15.5. The molecule has 1 N–H and O–H groups in total. The molecule has 1 aromatic heterocycles. The zero-order valence-corrected chi connectivity index (χ0v) is 13.4. The molecule has 0 aromatic carbocycles. The van der Waals surface area contributed by atoms with Gasteiger partial charge in [0.05, 0.1) is 18.8 Å². The molecule has 1 aliphatic rings. The first-order valence-electron chi connectivity index (χ1n) is 7.31. The van der Waals surface area contributed by atoms with Gasteiger partial charge in [-0.1, -0.05) is 20.8 Å². The smallest absolute Gasteiger partial charge is 0.243 e. The van der Waals surface area contributed by atoms with Crippen LogP contribution in [0.25, 0.3) is 0 Å². The Balaban J connectivity index is 2.24. The van der Waals surface area contributed by atoms with Crippen molar-refractivity contribution in [2.24, 2.45) is 5.41 Å². The second-order valence-corrected chi connectivity index (χ2v) is 6.89. The Morgan fingerprint density at radius 3 is 2.57 bits per heavy atom. The van der Waals surface area contributed by atoms with E-state index in [2.05, 4.69) is 10.4 Å². The van der Waals surface area contributed by atoms with Gasteiger partial charge in [-0.25, -0.2) is 0 Å². The Morgan fingerprint density at radius 2 is 2.05 bits per heavy atom. The number of aromatic nitrogens is 2. The summed E-state index contributed by atoms with van der Waals surface area (Å²) >= 11 is 0. The fourth-order valence-electron chi connectivity index (χ4n) is 2.61. The van der Waals surface area contributed by atoms with E-state index >= 15 is 0 Å². The molecule has 0 aliphatic carbocycles. The third kappa shape index (κ3) is 3.25. The molecular formula is C15H24N4O2. The summed E-state index contributed by atoms with van der Waals surface area (Å²) in [5.74, 6) is -0.154. The summed E-state index contributed by atoms with van der Waals surface area (Å²) in [6.45, 7) is 10.4. The lowest BCUT2D eigenvalue weighted by Gasteiger charge is -2.41. The van der Waals surface area contributed by atoms with Gasteiger partial charge in [-0.15, -0.1) is 0 Å². The molecule has 2 heterocycles. The maximum absolute atomic E-state index is 12.2. The molecule has 0 radical (unpaired) electrons. The standard InChI is InChI=1S/C15H24N4O2/c1-10(2)19-7-6-11(17-19)9-18-12(20)8-16-14(21)13(18)15(3,4)5/h6-7,10,13H,8-9H2,1-5H3,(H,16,21). The van der Waals surface area contributed by atoms with Gasteiger partial charge in [0.2, 0.25) is 11.8 Å². The fourth-order valence-corrected chi connectivity index (χ4v) is 2.61. The lowest BCUT2D eigenvalue weighted by Crippen LogP contribution is -2.62. The van der Waals surface area contributed by atoms with Crippen molar-refractivity contribution in [3.05, 3.63) is 18.0 Å². The van der Waals surface area contributed by atoms with Crippen LogP contribution in [-0.2, 0) is 16.1 Å². The molecule has 1 aliphatic heterocycles. The van der Waals surface area contributed by atoms with Crippen LogP contribution < -0.4 is 5.32 Å². The van der Waals surface area contributed by atoms with Crippen molar-refractivity contribution in [3.63, 3.8) is 0 Å². The zero-order chi connectivity index (χ0) is 15.8. The van der Waals surface area contributed by atoms with Crippen LogP contribution in [0.3, 0.4) is 0 Å². The molecule has 0 spiro atoms. The van der Waals surface area contributed by atoms with Crippen molar-refractivity contribution in [2.45, 2.75) is 53.2 Å². The molecule has 1 aromatic rings. The normalized spacial score (nSPS) is 20.1. The number of nitrogens with one attached hydrogen (secondary N) is 1. The second-order valence-electron chi connectivity index (χ2n) is 6.89. The predicted molar refractivity (Wildman–Crippen MR) is 79.4 cm³/mol. The number of amides is 2. The van der Waals surface area contributed by atoms with Crippen LogP contribution >= 0.6 is 0 Å². The van der Waals surface area contributed by atoms with E-state index in [1.807, 2.05) is 51.6 Å². The third-order valence-corrected chi connectivity index (χ3v) is 3.64.